The zero-order valence-electron chi connectivity index (χ0n) is 10.6. The van der Waals surface area contributed by atoms with Crippen molar-refractivity contribution in [1.82, 2.24) is 9.99 Å². The molecule has 0 aliphatic carbocycles. The fraction of sp³-hybridized carbons (Fsp3) is 0.333. The molecule has 8 heteroatoms. The Hall–Kier alpha value is -2.25. The predicted octanol–water partition coefficient (Wildman–Crippen LogP) is 1.59. The molecule has 0 bridgehead atoms. The Kier molecular flexibility index (Phi) is 3.56. The average molecular weight is 287 g/mol. The van der Waals surface area contributed by atoms with Gasteiger partial charge in [0.15, 0.2) is 0 Å². The number of nitrogens with one attached hydrogen (secondary N) is 1. The van der Waals surface area contributed by atoms with Crippen LogP contribution in [0.3, 0.4) is 0 Å². The normalized spacial score (nSPS) is 18.2. The zero-order chi connectivity index (χ0) is 14.9. The van der Waals surface area contributed by atoms with Crippen molar-refractivity contribution in [3.63, 3.8) is 0 Å². The van der Waals surface area contributed by atoms with Gasteiger partial charge in [0.25, 0.3) is 11.8 Å². The number of rotatable bonds is 3. The first kappa shape index (κ1) is 14.2. The predicted molar refractivity (Wildman–Crippen MR) is 66.1 cm³/mol. The Balaban J connectivity index is 2.18. The minimum absolute atomic E-state index is 0.187. The molecule has 1 aliphatic rings. The number of hydrogen-bond acceptors (Lipinski definition) is 4. The molecule has 1 aromatic rings. The third-order valence-corrected chi connectivity index (χ3v) is 2.49. The highest BCUT2D eigenvalue weighted by Gasteiger charge is 2.45. The van der Waals surface area contributed by atoms with E-state index in [4.69, 9.17) is 0 Å². The van der Waals surface area contributed by atoms with E-state index in [9.17, 15) is 18.0 Å². The van der Waals surface area contributed by atoms with Crippen LogP contribution >= 0.6 is 0 Å². The Bertz CT molecular complexity index is 619. The summed E-state index contributed by atoms with van der Waals surface area (Å²) in [5.74, 6) is -0.257. The van der Waals surface area contributed by atoms with Crippen LogP contribution in [-0.2, 0) is 11.3 Å². The van der Waals surface area contributed by atoms with Gasteiger partial charge in [-0.2, -0.15) is 13.2 Å². The van der Waals surface area contributed by atoms with Crippen LogP contribution in [0, 0.1) is 0 Å². The van der Waals surface area contributed by atoms with Gasteiger partial charge in [-0.05, 0) is 13.0 Å². The van der Waals surface area contributed by atoms with E-state index < -0.39 is 12.4 Å². The summed E-state index contributed by atoms with van der Waals surface area (Å²) in [6.07, 6.45) is -5.30. The number of halogens is 3. The fourth-order valence-electron chi connectivity index (χ4n) is 1.62. The van der Waals surface area contributed by atoms with Gasteiger partial charge in [0, 0.05) is 24.4 Å². The van der Waals surface area contributed by atoms with Crippen molar-refractivity contribution in [2.24, 2.45) is 5.10 Å². The molecule has 0 aromatic carbocycles. The van der Waals surface area contributed by atoms with Crippen molar-refractivity contribution in [1.29, 1.82) is 0 Å². The van der Waals surface area contributed by atoms with Gasteiger partial charge in [-0.3, -0.25) is 10.2 Å². The molecule has 5 nitrogen and oxygen atoms in total. The highest BCUT2D eigenvalue weighted by Crippen LogP contribution is 2.24. The van der Waals surface area contributed by atoms with Crippen LogP contribution in [0.4, 0.5) is 13.2 Å². The second kappa shape index (κ2) is 5.03. The molecular formula is C12H12F3N3O2. The van der Waals surface area contributed by atoms with Crippen LogP contribution in [0.5, 0.6) is 0 Å². The lowest BCUT2D eigenvalue weighted by Crippen LogP contribution is -2.38. The van der Waals surface area contributed by atoms with Gasteiger partial charge in [-0.1, -0.05) is 12.2 Å². The lowest BCUT2D eigenvalue weighted by atomic mass is 10.2. The number of allylic oxidation sites excluding steroid dienone is 1. The van der Waals surface area contributed by atoms with E-state index in [1.165, 1.54) is 22.9 Å². The average Bonchev–Trinajstić information content (AvgIpc) is 2.80. The van der Waals surface area contributed by atoms with E-state index in [1.807, 2.05) is 5.43 Å². The highest BCUT2D eigenvalue weighted by molar-refractivity contribution is 5.94. The van der Waals surface area contributed by atoms with Crippen LogP contribution < -0.4 is 11.0 Å². The Morgan fingerprint density at radius 1 is 1.60 bits per heavy atom. The van der Waals surface area contributed by atoms with Gasteiger partial charge < -0.3 is 9.30 Å². The van der Waals surface area contributed by atoms with Gasteiger partial charge >= 0.3 is 6.18 Å². The van der Waals surface area contributed by atoms with Crippen molar-refractivity contribution in [2.75, 3.05) is 0 Å². The molecule has 108 valence electrons. The van der Waals surface area contributed by atoms with E-state index in [1.54, 1.807) is 6.92 Å². The van der Waals surface area contributed by atoms with Crippen molar-refractivity contribution >= 4 is 5.90 Å². The summed E-state index contributed by atoms with van der Waals surface area (Å²) < 4.78 is 43.2. The third kappa shape index (κ3) is 3.01. The standard InChI is InChI=1S/C12H12F3N3O2/c1-7(2)6-18-4-3-8(5-9(18)19)10-16-17-11(20-10)12(13,14)15/h3-5,11,17H,1,6H2,2H3. The molecule has 2 rings (SSSR count). The van der Waals surface area contributed by atoms with Gasteiger partial charge in [-0.15, -0.1) is 5.10 Å². The highest BCUT2D eigenvalue weighted by atomic mass is 19.4. The summed E-state index contributed by atoms with van der Waals surface area (Å²) in [5.41, 5.74) is 2.43. The molecule has 0 saturated carbocycles. The Morgan fingerprint density at radius 2 is 2.30 bits per heavy atom. The summed E-state index contributed by atoms with van der Waals surface area (Å²) >= 11 is 0. The molecule has 1 aromatic heterocycles. The summed E-state index contributed by atoms with van der Waals surface area (Å²) in [4.78, 5) is 11.8. The first-order valence-corrected chi connectivity index (χ1v) is 5.69. The number of alkyl halides is 3. The number of hydrazone groups is 1. The van der Waals surface area contributed by atoms with Crippen LogP contribution in [0.2, 0.25) is 0 Å². The molecule has 1 aliphatic heterocycles. The molecule has 0 fully saturated rings. The number of ether oxygens (including phenoxy) is 1. The van der Waals surface area contributed by atoms with E-state index >= 15 is 0 Å². The minimum Gasteiger partial charge on any atom is -0.441 e. The largest absolute Gasteiger partial charge is 0.446 e. The van der Waals surface area contributed by atoms with E-state index in [-0.39, 0.29) is 17.0 Å². The summed E-state index contributed by atoms with van der Waals surface area (Å²) in [6.45, 7) is 5.79. The first-order chi connectivity index (χ1) is 9.27. The number of nitrogens with zero attached hydrogens (tertiary/aromatic N) is 2. The quantitative estimate of drug-likeness (QED) is 0.859. The maximum atomic E-state index is 12.4. The SMILES string of the molecule is C=C(C)Cn1ccc(C2=NNC(C(F)(F)F)O2)cc1=O. The van der Waals surface area contributed by atoms with Gasteiger partial charge in [0.05, 0.1) is 0 Å². The maximum Gasteiger partial charge on any atom is 0.446 e. The molecule has 2 heterocycles. The topological polar surface area (TPSA) is 55.6 Å². The molecule has 1 unspecified atom stereocenters. The van der Waals surface area contributed by atoms with Crippen molar-refractivity contribution in [3.05, 3.63) is 46.4 Å². The minimum atomic E-state index is -4.57. The molecule has 0 radical (unpaired) electrons. The van der Waals surface area contributed by atoms with E-state index in [2.05, 4.69) is 16.4 Å². The number of hydrogen-bond donors (Lipinski definition) is 1. The Labute approximate surface area is 112 Å². The molecule has 1 N–H and O–H groups in total. The molecule has 1 atom stereocenters. The van der Waals surface area contributed by atoms with Crippen molar-refractivity contribution in [2.45, 2.75) is 25.9 Å². The fourth-order valence-corrected chi connectivity index (χ4v) is 1.62. The van der Waals surface area contributed by atoms with Crippen molar-refractivity contribution in [3.8, 4) is 0 Å². The third-order valence-electron chi connectivity index (χ3n) is 2.49. The number of pyridine rings is 1. The van der Waals surface area contributed by atoms with E-state index in [0.717, 1.165) is 5.57 Å². The molecule has 0 saturated heterocycles. The molecule has 20 heavy (non-hydrogen) atoms. The monoisotopic (exact) mass is 287 g/mol. The van der Waals surface area contributed by atoms with Crippen LogP contribution in [0.25, 0.3) is 0 Å². The van der Waals surface area contributed by atoms with Crippen LogP contribution in [0.15, 0.2) is 40.4 Å². The summed E-state index contributed by atoms with van der Waals surface area (Å²) in [7, 11) is 0. The van der Waals surface area contributed by atoms with Crippen molar-refractivity contribution < 1.29 is 17.9 Å². The van der Waals surface area contributed by atoms with Gasteiger partial charge in [0.1, 0.15) is 0 Å². The molecule has 0 spiro atoms. The first-order valence-electron chi connectivity index (χ1n) is 5.69. The van der Waals surface area contributed by atoms with Gasteiger partial charge in [0.2, 0.25) is 5.90 Å². The van der Waals surface area contributed by atoms with E-state index in [0.29, 0.717) is 6.54 Å². The lowest BCUT2D eigenvalue weighted by Gasteiger charge is -2.14. The molecular weight excluding hydrogens is 275 g/mol. The Morgan fingerprint density at radius 3 is 2.80 bits per heavy atom. The number of aromatic nitrogens is 1. The van der Waals surface area contributed by atoms with Crippen LogP contribution in [-0.4, -0.2) is 22.9 Å². The maximum absolute atomic E-state index is 12.4. The second-order valence-corrected chi connectivity index (χ2v) is 4.42. The smallest absolute Gasteiger partial charge is 0.441 e. The molecule has 0 amide bonds. The summed E-state index contributed by atoms with van der Waals surface area (Å²) in [5, 5.41) is 3.44. The second-order valence-electron chi connectivity index (χ2n) is 4.42. The zero-order valence-corrected chi connectivity index (χ0v) is 10.6. The summed E-state index contributed by atoms with van der Waals surface area (Å²) in [6, 6.07) is 2.63. The lowest BCUT2D eigenvalue weighted by molar-refractivity contribution is -0.201. The van der Waals surface area contributed by atoms with Crippen LogP contribution in [0.1, 0.15) is 12.5 Å². The van der Waals surface area contributed by atoms with Gasteiger partial charge in [-0.25, -0.2) is 0 Å².